The lowest BCUT2D eigenvalue weighted by Crippen LogP contribution is -2.54. The molecule has 4 amide bonds. The summed E-state index contributed by atoms with van der Waals surface area (Å²) in [6.07, 6.45) is 2.39. The van der Waals surface area contributed by atoms with Crippen LogP contribution in [0.1, 0.15) is 44.2 Å². The van der Waals surface area contributed by atoms with E-state index < -0.39 is 17.8 Å². The molecule has 6 nitrogen and oxygen atoms in total. The number of nitrogens with one attached hydrogen (secondary N) is 1. The molecular weight excluding hydrogens is 449 g/mol. The van der Waals surface area contributed by atoms with Gasteiger partial charge in [0.1, 0.15) is 5.57 Å². The lowest BCUT2D eigenvalue weighted by Gasteiger charge is -2.45. The molecule has 0 spiro atoms. The Morgan fingerprint density at radius 3 is 2.53 bits per heavy atom. The minimum Gasteiger partial charge on any atom is -0.369 e. The fourth-order valence-corrected chi connectivity index (χ4v) is 4.77. The van der Waals surface area contributed by atoms with Crippen molar-refractivity contribution >= 4 is 58.5 Å². The van der Waals surface area contributed by atoms with E-state index in [0.717, 1.165) is 22.6 Å². The lowest BCUT2D eigenvalue weighted by molar-refractivity contribution is -0.122. The first-order valence-electron chi connectivity index (χ1n) is 10.2. The highest BCUT2D eigenvalue weighted by Crippen LogP contribution is 2.44. The van der Waals surface area contributed by atoms with Crippen LogP contribution in [-0.2, 0) is 9.59 Å². The van der Waals surface area contributed by atoms with Crippen LogP contribution in [0.4, 0.5) is 16.2 Å². The summed E-state index contributed by atoms with van der Waals surface area (Å²) in [5, 5.41) is 3.00. The van der Waals surface area contributed by atoms with E-state index in [4.69, 9.17) is 23.2 Å². The predicted octanol–water partition coefficient (Wildman–Crippen LogP) is 5.38. The molecule has 2 heterocycles. The van der Waals surface area contributed by atoms with Gasteiger partial charge in [0.15, 0.2) is 0 Å². The molecule has 32 heavy (non-hydrogen) atoms. The van der Waals surface area contributed by atoms with Crippen molar-refractivity contribution in [2.75, 3.05) is 16.8 Å². The van der Waals surface area contributed by atoms with Gasteiger partial charge in [0.2, 0.25) is 0 Å². The summed E-state index contributed by atoms with van der Waals surface area (Å²) in [6.45, 7) is 6.52. The van der Waals surface area contributed by atoms with Crippen molar-refractivity contribution in [3.05, 3.63) is 63.1 Å². The molecule has 0 bridgehead atoms. The van der Waals surface area contributed by atoms with Crippen LogP contribution in [0.2, 0.25) is 10.0 Å². The zero-order valence-electron chi connectivity index (χ0n) is 18.2. The van der Waals surface area contributed by atoms with Gasteiger partial charge in [-0.3, -0.25) is 14.9 Å². The van der Waals surface area contributed by atoms with E-state index in [1.54, 1.807) is 18.2 Å². The molecule has 0 aliphatic carbocycles. The maximum atomic E-state index is 13.1. The fourth-order valence-electron chi connectivity index (χ4n) is 4.38. The molecule has 8 heteroatoms. The van der Waals surface area contributed by atoms with Gasteiger partial charge in [-0.05, 0) is 73.7 Å². The molecule has 2 aliphatic heterocycles. The number of benzene rings is 2. The summed E-state index contributed by atoms with van der Waals surface area (Å²) in [7, 11) is 2.03. The molecule has 1 N–H and O–H groups in total. The summed E-state index contributed by atoms with van der Waals surface area (Å²) < 4.78 is 0. The Morgan fingerprint density at radius 1 is 1.12 bits per heavy atom. The zero-order chi connectivity index (χ0) is 23.4. The number of carbonyl (C=O) groups excluding carboxylic acids is 3. The third-order valence-electron chi connectivity index (χ3n) is 6.22. The highest BCUT2D eigenvalue weighted by Gasteiger charge is 2.38. The van der Waals surface area contributed by atoms with Crippen molar-refractivity contribution in [1.82, 2.24) is 5.32 Å². The van der Waals surface area contributed by atoms with Gasteiger partial charge in [-0.15, -0.1) is 0 Å². The van der Waals surface area contributed by atoms with E-state index >= 15 is 0 Å². The Morgan fingerprint density at radius 2 is 1.84 bits per heavy atom. The smallest absolute Gasteiger partial charge is 0.335 e. The van der Waals surface area contributed by atoms with E-state index in [1.165, 1.54) is 12.1 Å². The summed E-state index contributed by atoms with van der Waals surface area (Å²) in [4.78, 5) is 41.2. The van der Waals surface area contributed by atoms with Gasteiger partial charge < -0.3 is 4.90 Å². The quantitative estimate of drug-likeness (QED) is 0.471. The van der Waals surface area contributed by atoms with Crippen LogP contribution in [-0.4, -0.2) is 30.4 Å². The third kappa shape index (κ3) is 3.78. The number of anilines is 2. The van der Waals surface area contributed by atoms with Crippen LogP contribution in [0, 0.1) is 0 Å². The number of imide groups is 2. The molecule has 2 aromatic rings. The van der Waals surface area contributed by atoms with Gasteiger partial charge >= 0.3 is 6.03 Å². The van der Waals surface area contributed by atoms with E-state index in [-0.39, 0.29) is 22.7 Å². The van der Waals surface area contributed by atoms with E-state index in [0.29, 0.717) is 15.6 Å². The van der Waals surface area contributed by atoms with Crippen LogP contribution >= 0.6 is 23.2 Å². The van der Waals surface area contributed by atoms with Crippen LogP contribution in [0.25, 0.3) is 6.08 Å². The van der Waals surface area contributed by atoms with Crippen molar-refractivity contribution in [2.24, 2.45) is 0 Å². The molecule has 1 saturated heterocycles. The van der Waals surface area contributed by atoms with Crippen molar-refractivity contribution in [2.45, 2.75) is 38.6 Å². The minimum absolute atomic E-state index is 0.0211. The molecule has 0 radical (unpaired) electrons. The van der Waals surface area contributed by atoms with Crippen molar-refractivity contribution in [3.63, 3.8) is 0 Å². The second kappa shape index (κ2) is 7.94. The normalized spacial score (nSPS) is 21.6. The highest BCUT2D eigenvalue weighted by molar-refractivity contribution is 6.40. The Balaban J connectivity index is 1.78. The largest absolute Gasteiger partial charge is 0.369 e. The Labute approximate surface area is 196 Å². The number of nitrogens with zero attached hydrogens (tertiary/aromatic N) is 2. The number of urea groups is 1. The summed E-state index contributed by atoms with van der Waals surface area (Å²) in [5.74, 6) is -1.23. The average Bonchev–Trinajstić information content (AvgIpc) is 2.69. The third-order valence-corrected chi connectivity index (χ3v) is 6.78. The number of halogens is 2. The fraction of sp³-hybridized carbons (Fsp3) is 0.292. The molecule has 1 atom stereocenters. The summed E-state index contributed by atoms with van der Waals surface area (Å²) >= 11 is 12.6. The van der Waals surface area contributed by atoms with E-state index in [9.17, 15) is 14.4 Å². The second-order valence-electron chi connectivity index (χ2n) is 8.85. The summed E-state index contributed by atoms with van der Waals surface area (Å²) in [6, 6.07) is 9.27. The van der Waals surface area contributed by atoms with E-state index in [2.05, 4.69) is 31.0 Å². The Hall–Kier alpha value is -2.83. The van der Waals surface area contributed by atoms with Crippen LogP contribution < -0.4 is 15.1 Å². The molecule has 2 aromatic carbocycles. The SMILES string of the molecule is C[C@H]1CC(C)(C)N(C)c2cc(Cl)c(/C=C3\C(=O)NC(=O)N(c4cccc(Cl)c4)C3=O)cc21. The first-order chi connectivity index (χ1) is 15.0. The van der Waals surface area contributed by atoms with Gasteiger partial charge in [-0.25, -0.2) is 9.69 Å². The van der Waals surface area contributed by atoms with E-state index in [1.807, 2.05) is 19.2 Å². The molecule has 4 rings (SSSR count). The number of barbiturate groups is 1. The number of amides is 4. The second-order valence-corrected chi connectivity index (χ2v) is 9.69. The molecular formula is C24H23Cl2N3O3. The van der Waals surface area contributed by atoms with Gasteiger partial charge in [-0.1, -0.05) is 36.2 Å². The standard InChI is InChI=1S/C24H23Cl2N3O3/c1-13-12-24(2,3)28(4)20-11-19(26)14(8-17(13)20)9-18-21(30)27-23(32)29(22(18)31)16-7-5-6-15(25)10-16/h5-11,13H,12H2,1-4H3,(H,27,30,32)/b18-9+/t13-/m0/s1. The van der Waals surface area contributed by atoms with Crippen molar-refractivity contribution < 1.29 is 14.4 Å². The monoisotopic (exact) mass is 471 g/mol. The van der Waals surface area contributed by atoms with Gasteiger partial charge in [0, 0.05) is 28.3 Å². The van der Waals surface area contributed by atoms with Crippen LogP contribution in [0.3, 0.4) is 0 Å². The molecule has 0 aromatic heterocycles. The molecule has 0 saturated carbocycles. The maximum absolute atomic E-state index is 13.1. The van der Waals surface area contributed by atoms with Crippen molar-refractivity contribution in [1.29, 1.82) is 0 Å². The predicted molar refractivity (Wildman–Crippen MR) is 127 cm³/mol. The summed E-state index contributed by atoms with van der Waals surface area (Å²) in [5.41, 5.74) is 2.73. The first kappa shape index (κ1) is 22.4. The Bertz CT molecular complexity index is 1190. The van der Waals surface area contributed by atoms with Gasteiger partial charge in [0.25, 0.3) is 11.8 Å². The zero-order valence-corrected chi connectivity index (χ0v) is 19.7. The molecule has 166 valence electrons. The number of hydrogen-bond donors (Lipinski definition) is 1. The number of rotatable bonds is 2. The number of fused-ring (bicyclic) bond motifs is 1. The van der Waals surface area contributed by atoms with Gasteiger partial charge in [-0.2, -0.15) is 0 Å². The number of carbonyl (C=O) groups is 3. The molecule has 1 fully saturated rings. The number of hydrogen-bond acceptors (Lipinski definition) is 4. The lowest BCUT2D eigenvalue weighted by atomic mass is 9.80. The van der Waals surface area contributed by atoms with Crippen LogP contribution in [0.15, 0.2) is 42.0 Å². The topological polar surface area (TPSA) is 69.7 Å². The molecule has 2 aliphatic rings. The minimum atomic E-state index is -0.826. The maximum Gasteiger partial charge on any atom is 0.335 e. The van der Waals surface area contributed by atoms with Crippen LogP contribution in [0.5, 0.6) is 0 Å². The van der Waals surface area contributed by atoms with Crippen molar-refractivity contribution in [3.8, 4) is 0 Å². The van der Waals surface area contributed by atoms with Gasteiger partial charge in [0.05, 0.1) is 5.69 Å². The molecule has 0 unspecified atom stereocenters. The first-order valence-corrected chi connectivity index (χ1v) is 11.0. The highest BCUT2D eigenvalue weighted by atomic mass is 35.5. The Kier molecular flexibility index (Phi) is 5.55. The average molecular weight is 472 g/mol.